The summed E-state index contributed by atoms with van der Waals surface area (Å²) in [4.78, 5) is 11.8. The summed E-state index contributed by atoms with van der Waals surface area (Å²) in [5, 5.41) is 10.1. The maximum absolute atomic E-state index is 11.2. The van der Waals surface area contributed by atoms with Crippen molar-refractivity contribution in [3.8, 4) is 0 Å². The van der Waals surface area contributed by atoms with E-state index in [0.717, 1.165) is 5.56 Å². The Labute approximate surface area is 125 Å². The van der Waals surface area contributed by atoms with Crippen LogP contribution in [-0.2, 0) is 5.75 Å². The summed E-state index contributed by atoms with van der Waals surface area (Å²) >= 11 is 13.4. The van der Waals surface area contributed by atoms with Crippen LogP contribution < -0.4 is 0 Å². The third-order valence-corrected chi connectivity index (χ3v) is 4.32. The number of aromatic carboxylic acids is 1. The highest BCUT2D eigenvalue weighted by atomic mass is 35.5. The van der Waals surface area contributed by atoms with Crippen LogP contribution in [0.4, 0.5) is 0 Å². The minimum atomic E-state index is -1.02. The lowest BCUT2D eigenvalue weighted by Crippen LogP contribution is -2.00. The smallest absolute Gasteiger partial charge is 0.338 e. The first-order chi connectivity index (χ1) is 9.09. The molecule has 0 radical (unpaired) electrons. The Morgan fingerprint density at radius 1 is 1.05 bits per heavy atom. The van der Waals surface area contributed by atoms with E-state index in [1.165, 1.54) is 11.8 Å². The highest BCUT2D eigenvalue weighted by Crippen LogP contribution is 2.32. The second-order valence-corrected chi connectivity index (χ2v) is 5.63. The Morgan fingerprint density at radius 2 is 1.74 bits per heavy atom. The van der Waals surface area contributed by atoms with Crippen molar-refractivity contribution in [3.63, 3.8) is 0 Å². The molecule has 0 fully saturated rings. The van der Waals surface area contributed by atoms with Crippen LogP contribution in [0, 0.1) is 0 Å². The predicted octanol–water partition coefficient (Wildman–Crippen LogP) is 4.98. The molecular formula is C14H10Cl2O2S. The van der Waals surface area contributed by atoms with Gasteiger partial charge >= 0.3 is 5.97 Å². The quantitative estimate of drug-likeness (QED) is 0.809. The van der Waals surface area contributed by atoms with Crippen molar-refractivity contribution in [2.45, 2.75) is 10.6 Å². The number of rotatable bonds is 4. The van der Waals surface area contributed by atoms with Gasteiger partial charge in [-0.05, 0) is 23.8 Å². The zero-order valence-corrected chi connectivity index (χ0v) is 12.1. The van der Waals surface area contributed by atoms with Crippen LogP contribution in [0.5, 0.6) is 0 Å². The van der Waals surface area contributed by atoms with Crippen molar-refractivity contribution >= 4 is 40.9 Å². The lowest BCUT2D eigenvalue weighted by molar-refractivity contribution is 0.0693. The van der Waals surface area contributed by atoms with Gasteiger partial charge in [-0.3, -0.25) is 0 Å². The van der Waals surface area contributed by atoms with Crippen LogP contribution in [0.3, 0.4) is 0 Å². The molecule has 0 aliphatic heterocycles. The largest absolute Gasteiger partial charge is 0.478 e. The van der Waals surface area contributed by atoms with Crippen LogP contribution >= 0.6 is 35.0 Å². The molecular weight excluding hydrogens is 303 g/mol. The molecule has 0 heterocycles. The molecule has 0 atom stereocenters. The van der Waals surface area contributed by atoms with Gasteiger partial charge in [0.1, 0.15) is 0 Å². The molecule has 0 unspecified atom stereocenters. The van der Waals surface area contributed by atoms with Gasteiger partial charge in [-0.25, -0.2) is 4.79 Å². The van der Waals surface area contributed by atoms with Crippen LogP contribution in [0.1, 0.15) is 15.9 Å². The molecule has 0 saturated heterocycles. The minimum Gasteiger partial charge on any atom is -0.478 e. The molecule has 0 bridgehead atoms. The number of halogens is 2. The zero-order valence-electron chi connectivity index (χ0n) is 9.77. The average molecular weight is 313 g/mol. The average Bonchev–Trinajstić information content (AvgIpc) is 2.37. The molecule has 0 spiro atoms. The maximum atomic E-state index is 11.2. The molecule has 98 valence electrons. The van der Waals surface area contributed by atoms with Crippen molar-refractivity contribution in [2.75, 3.05) is 0 Å². The van der Waals surface area contributed by atoms with Gasteiger partial charge in [0, 0.05) is 15.7 Å². The summed E-state index contributed by atoms with van der Waals surface area (Å²) in [6.07, 6.45) is 0. The molecule has 0 aliphatic rings. The van der Waals surface area contributed by atoms with Crippen LogP contribution in [0.25, 0.3) is 0 Å². The molecule has 2 aromatic rings. The number of carboxylic acid groups (broad SMARTS) is 1. The molecule has 2 nitrogen and oxygen atoms in total. The first-order valence-electron chi connectivity index (χ1n) is 5.47. The second kappa shape index (κ2) is 6.33. The number of thioether (sulfide) groups is 1. The van der Waals surface area contributed by atoms with Crippen LogP contribution in [-0.4, -0.2) is 11.1 Å². The molecule has 1 N–H and O–H groups in total. The van der Waals surface area contributed by atoms with Crippen molar-refractivity contribution < 1.29 is 9.90 Å². The summed E-state index contributed by atoms with van der Waals surface area (Å²) in [7, 11) is 0. The summed E-state index contributed by atoms with van der Waals surface area (Å²) in [6.45, 7) is 0. The summed E-state index contributed by atoms with van der Waals surface area (Å²) in [6, 6.07) is 12.6. The molecule has 2 rings (SSSR count). The normalized spacial score (nSPS) is 10.4. The number of hydrogen-bond acceptors (Lipinski definition) is 2. The Balaban J connectivity index is 2.23. The van der Waals surface area contributed by atoms with Gasteiger partial charge in [-0.2, -0.15) is 0 Å². The summed E-state index contributed by atoms with van der Waals surface area (Å²) in [5.74, 6) is -0.424. The Bertz CT molecular complexity index is 614. The fourth-order valence-corrected chi connectivity index (χ4v) is 3.28. The van der Waals surface area contributed by atoms with Gasteiger partial charge in [-0.15, -0.1) is 11.8 Å². The fraction of sp³-hybridized carbons (Fsp3) is 0.0714. The van der Waals surface area contributed by atoms with E-state index >= 15 is 0 Å². The highest BCUT2D eigenvalue weighted by molar-refractivity contribution is 7.98. The van der Waals surface area contributed by atoms with E-state index < -0.39 is 5.97 Å². The first-order valence-corrected chi connectivity index (χ1v) is 7.21. The van der Waals surface area contributed by atoms with E-state index in [2.05, 4.69) is 0 Å². The number of hydrogen-bond donors (Lipinski definition) is 1. The van der Waals surface area contributed by atoms with Crippen molar-refractivity contribution in [3.05, 3.63) is 63.6 Å². The number of benzene rings is 2. The number of carboxylic acids is 1. The van der Waals surface area contributed by atoms with E-state index in [0.29, 0.717) is 15.7 Å². The minimum absolute atomic E-state index is 0.140. The molecule has 19 heavy (non-hydrogen) atoms. The molecule has 2 aromatic carbocycles. The van der Waals surface area contributed by atoms with Gasteiger partial charge in [0.05, 0.1) is 10.6 Å². The molecule has 5 heteroatoms. The van der Waals surface area contributed by atoms with Gasteiger partial charge in [0.25, 0.3) is 0 Å². The topological polar surface area (TPSA) is 37.3 Å². The standard InChI is InChI=1S/C14H10Cl2O2S/c15-10-5-2-1-4-9(10)8-19-12-7-3-6-11(16)13(12)14(17)18/h1-7H,8H2,(H,17,18). The fourth-order valence-electron chi connectivity index (χ4n) is 1.60. The summed E-state index contributed by atoms with van der Waals surface area (Å²) < 4.78 is 0. The van der Waals surface area contributed by atoms with Crippen LogP contribution in [0.2, 0.25) is 10.0 Å². The van der Waals surface area contributed by atoms with Gasteiger partial charge < -0.3 is 5.11 Å². The van der Waals surface area contributed by atoms with E-state index in [1.807, 2.05) is 24.3 Å². The van der Waals surface area contributed by atoms with Gasteiger partial charge in [0.2, 0.25) is 0 Å². The Hall–Kier alpha value is -1.16. The van der Waals surface area contributed by atoms with E-state index in [9.17, 15) is 9.90 Å². The van der Waals surface area contributed by atoms with Crippen molar-refractivity contribution in [1.82, 2.24) is 0 Å². The van der Waals surface area contributed by atoms with E-state index in [1.54, 1.807) is 18.2 Å². The third-order valence-electron chi connectivity index (χ3n) is 2.53. The van der Waals surface area contributed by atoms with E-state index in [-0.39, 0.29) is 10.6 Å². The third kappa shape index (κ3) is 3.44. The molecule has 0 aromatic heterocycles. The summed E-state index contributed by atoms with van der Waals surface area (Å²) in [5.41, 5.74) is 1.10. The van der Waals surface area contributed by atoms with Crippen molar-refractivity contribution in [1.29, 1.82) is 0 Å². The monoisotopic (exact) mass is 312 g/mol. The van der Waals surface area contributed by atoms with Crippen molar-refractivity contribution in [2.24, 2.45) is 0 Å². The lowest BCUT2D eigenvalue weighted by Gasteiger charge is -2.08. The SMILES string of the molecule is O=C(O)c1c(Cl)cccc1SCc1ccccc1Cl. The molecule has 0 aliphatic carbocycles. The first kappa shape index (κ1) is 14.3. The zero-order chi connectivity index (χ0) is 13.8. The van der Waals surface area contributed by atoms with E-state index in [4.69, 9.17) is 23.2 Å². The maximum Gasteiger partial charge on any atom is 0.338 e. The predicted molar refractivity (Wildman–Crippen MR) is 79.4 cm³/mol. The Kier molecular flexibility index (Phi) is 4.75. The molecule has 0 amide bonds. The molecule has 0 saturated carbocycles. The van der Waals surface area contributed by atoms with Gasteiger partial charge in [0.15, 0.2) is 0 Å². The van der Waals surface area contributed by atoms with Crippen LogP contribution in [0.15, 0.2) is 47.4 Å². The number of carbonyl (C=O) groups is 1. The lowest BCUT2D eigenvalue weighted by atomic mass is 10.2. The van der Waals surface area contributed by atoms with Gasteiger partial charge in [-0.1, -0.05) is 47.5 Å². The Morgan fingerprint density at radius 3 is 2.42 bits per heavy atom. The second-order valence-electron chi connectivity index (χ2n) is 3.80. The highest BCUT2D eigenvalue weighted by Gasteiger charge is 2.14.